The summed E-state index contributed by atoms with van der Waals surface area (Å²) < 4.78 is 27.2. The van der Waals surface area contributed by atoms with E-state index < -0.39 is 11.9 Å². The Bertz CT molecular complexity index is 1330. The third-order valence-corrected chi connectivity index (χ3v) is 5.47. The molecule has 4 rings (SSSR count). The van der Waals surface area contributed by atoms with E-state index >= 15 is 0 Å². The topological polar surface area (TPSA) is 113 Å². The zero-order chi connectivity index (χ0) is 24.2. The Morgan fingerprint density at radius 2 is 1.68 bits per heavy atom. The molecule has 8 nitrogen and oxygen atoms in total. The van der Waals surface area contributed by atoms with Crippen LogP contribution in [0.3, 0.4) is 0 Å². The molecule has 0 bridgehead atoms. The molecular formula is C26H22N2O6. The fourth-order valence-corrected chi connectivity index (χ4v) is 3.85. The van der Waals surface area contributed by atoms with Crippen LogP contribution in [0.4, 0.5) is 0 Å². The molecule has 3 aromatic carbocycles. The summed E-state index contributed by atoms with van der Waals surface area (Å²) in [6, 6.07) is 19.3. The molecule has 1 heterocycles. The van der Waals surface area contributed by atoms with Crippen LogP contribution in [0.1, 0.15) is 27.4 Å². The van der Waals surface area contributed by atoms with E-state index in [1.54, 1.807) is 61.7 Å². The van der Waals surface area contributed by atoms with Crippen molar-refractivity contribution in [2.24, 2.45) is 5.73 Å². The van der Waals surface area contributed by atoms with Gasteiger partial charge in [-0.15, -0.1) is 0 Å². The van der Waals surface area contributed by atoms with Crippen LogP contribution in [-0.2, 0) is 0 Å². The number of para-hydroxylation sites is 1. The quantitative estimate of drug-likeness (QED) is 0.433. The van der Waals surface area contributed by atoms with Gasteiger partial charge in [0.25, 0.3) is 0 Å². The summed E-state index contributed by atoms with van der Waals surface area (Å²) in [5, 5.41) is 9.79. The normalized spacial score (nSPS) is 14.4. The second-order valence-corrected chi connectivity index (χ2v) is 7.33. The van der Waals surface area contributed by atoms with Crippen molar-refractivity contribution in [1.82, 2.24) is 0 Å². The maximum Gasteiger partial charge on any atom is 0.347 e. The van der Waals surface area contributed by atoms with Crippen molar-refractivity contribution in [3.05, 3.63) is 88.8 Å². The summed E-state index contributed by atoms with van der Waals surface area (Å²) in [6.07, 6.45) is 0. The standard InChI is InChI=1S/C26H22N2O6/c1-30-20-7-5-4-6-18(20)26(29)33-16-9-10-17-22(13-16)34-25(28)19(14-27)24(17)15-8-11-21(31-2)23(12-15)32-3/h4-13,24H,28H2,1-3H3/t24-/m0/s1. The number of hydrogen-bond donors (Lipinski definition) is 1. The molecule has 0 spiro atoms. The molecule has 1 aliphatic rings. The number of esters is 1. The summed E-state index contributed by atoms with van der Waals surface area (Å²) in [7, 11) is 4.57. The molecule has 34 heavy (non-hydrogen) atoms. The largest absolute Gasteiger partial charge is 0.496 e. The number of ether oxygens (including phenoxy) is 5. The zero-order valence-corrected chi connectivity index (χ0v) is 18.8. The molecule has 0 saturated heterocycles. The molecule has 2 N–H and O–H groups in total. The van der Waals surface area contributed by atoms with E-state index in [-0.39, 0.29) is 22.8 Å². The Balaban J connectivity index is 1.72. The molecule has 0 aromatic heterocycles. The van der Waals surface area contributed by atoms with Crippen LogP contribution in [0.15, 0.2) is 72.1 Å². The van der Waals surface area contributed by atoms with Crippen molar-refractivity contribution in [3.8, 4) is 34.8 Å². The number of benzene rings is 3. The van der Waals surface area contributed by atoms with Crippen LogP contribution >= 0.6 is 0 Å². The van der Waals surface area contributed by atoms with Gasteiger partial charge < -0.3 is 29.4 Å². The molecule has 0 amide bonds. The number of allylic oxidation sites excluding steroid dienone is 1. The number of nitrogens with two attached hydrogens (primary N) is 1. The number of methoxy groups -OCH3 is 3. The van der Waals surface area contributed by atoms with Crippen molar-refractivity contribution in [1.29, 1.82) is 5.26 Å². The summed E-state index contributed by atoms with van der Waals surface area (Å²) in [5.74, 6) is 1.01. The molecule has 1 aliphatic heterocycles. The van der Waals surface area contributed by atoms with E-state index in [4.69, 9.17) is 29.4 Å². The third kappa shape index (κ3) is 4.07. The fourth-order valence-electron chi connectivity index (χ4n) is 3.85. The lowest BCUT2D eigenvalue weighted by Gasteiger charge is -2.27. The van der Waals surface area contributed by atoms with Gasteiger partial charge in [0.05, 0.1) is 27.2 Å². The first-order valence-electron chi connectivity index (χ1n) is 10.3. The van der Waals surface area contributed by atoms with E-state index in [0.29, 0.717) is 28.6 Å². The van der Waals surface area contributed by atoms with E-state index in [2.05, 4.69) is 6.07 Å². The second kappa shape index (κ2) is 9.46. The Hall–Kier alpha value is -4.64. The van der Waals surface area contributed by atoms with Crippen molar-refractivity contribution in [2.45, 2.75) is 5.92 Å². The Morgan fingerprint density at radius 1 is 0.941 bits per heavy atom. The van der Waals surface area contributed by atoms with Crippen molar-refractivity contribution in [2.75, 3.05) is 21.3 Å². The predicted molar refractivity (Wildman–Crippen MR) is 123 cm³/mol. The van der Waals surface area contributed by atoms with Gasteiger partial charge in [0.15, 0.2) is 11.5 Å². The first kappa shape index (κ1) is 22.6. The van der Waals surface area contributed by atoms with Crippen molar-refractivity contribution >= 4 is 5.97 Å². The Kier molecular flexibility index (Phi) is 6.28. The number of fused-ring (bicyclic) bond motifs is 1. The highest BCUT2D eigenvalue weighted by molar-refractivity contribution is 5.94. The monoisotopic (exact) mass is 458 g/mol. The van der Waals surface area contributed by atoms with E-state index in [1.165, 1.54) is 14.2 Å². The van der Waals surface area contributed by atoms with Crippen LogP contribution in [0.25, 0.3) is 0 Å². The number of carbonyl (C=O) groups excluding carboxylic acids is 1. The minimum absolute atomic E-state index is 0.0250. The predicted octanol–water partition coefficient (Wildman–Crippen LogP) is 4.15. The second-order valence-electron chi connectivity index (χ2n) is 7.33. The number of rotatable bonds is 6. The average molecular weight is 458 g/mol. The number of hydrogen-bond acceptors (Lipinski definition) is 8. The highest BCUT2D eigenvalue weighted by atomic mass is 16.5. The first-order chi connectivity index (χ1) is 16.5. The maximum atomic E-state index is 12.7. The van der Waals surface area contributed by atoms with Crippen molar-refractivity contribution < 1.29 is 28.5 Å². The minimum Gasteiger partial charge on any atom is -0.496 e. The first-order valence-corrected chi connectivity index (χ1v) is 10.3. The van der Waals surface area contributed by atoms with Gasteiger partial charge in [0.1, 0.15) is 34.5 Å². The highest BCUT2D eigenvalue weighted by Crippen LogP contribution is 2.45. The lowest BCUT2D eigenvalue weighted by Crippen LogP contribution is -2.21. The number of carbonyl (C=O) groups is 1. The Labute approximate surface area is 196 Å². The van der Waals surface area contributed by atoms with Crippen molar-refractivity contribution in [3.63, 3.8) is 0 Å². The average Bonchev–Trinajstić information content (AvgIpc) is 2.87. The van der Waals surface area contributed by atoms with Crippen LogP contribution in [-0.4, -0.2) is 27.3 Å². The van der Waals surface area contributed by atoms with Crippen LogP contribution < -0.4 is 29.4 Å². The molecule has 0 radical (unpaired) electrons. The van der Waals surface area contributed by atoms with E-state index in [0.717, 1.165) is 5.56 Å². The zero-order valence-electron chi connectivity index (χ0n) is 18.8. The van der Waals surface area contributed by atoms with Gasteiger partial charge in [0, 0.05) is 11.6 Å². The molecule has 0 unspecified atom stereocenters. The SMILES string of the molecule is COc1ccc([C@@H]2C(C#N)=C(N)Oc3cc(OC(=O)c4ccccc4OC)ccc32)cc1OC. The maximum absolute atomic E-state index is 12.7. The minimum atomic E-state index is -0.578. The lowest BCUT2D eigenvalue weighted by molar-refractivity contribution is 0.0731. The molecule has 172 valence electrons. The van der Waals surface area contributed by atoms with Gasteiger partial charge in [-0.2, -0.15) is 5.26 Å². The van der Waals surface area contributed by atoms with Gasteiger partial charge >= 0.3 is 5.97 Å². The summed E-state index contributed by atoms with van der Waals surface area (Å²) >= 11 is 0. The smallest absolute Gasteiger partial charge is 0.347 e. The van der Waals surface area contributed by atoms with E-state index in [1.807, 2.05) is 6.07 Å². The van der Waals surface area contributed by atoms with Crippen LogP contribution in [0.2, 0.25) is 0 Å². The van der Waals surface area contributed by atoms with Gasteiger partial charge in [-0.05, 0) is 35.9 Å². The molecular weight excluding hydrogens is 436 g/mol. The molecule has 1 atom stereocenters. The number of nitriles is 1. The Morgan fingerprint density at radius 3 is 2.38 bits per heavy atom. The third-order valence-electron chi connectivity index (χ3n) is 5.47. The van der Waals surface area contributed by atoms with Gasteiger partial charge in [-0.1, -0.05) is 24.3 Å². The molecule has 3 aromatic rings. The van der Waals surface area contributed by atoms with Gasteiger partial charge in [-0.3, -0.25) is 0 Å². The lowest BCUT2D eigenvalue weighted by atomic mass is 9.83. The number of nitrogens with zero attached hydrogens (tertiary/aromatic N) is 1. The molecule has 0 saturated carbocycles. The van der Waals surface area contributed by atoms with Crippen LogP contribution in [0.5, 0.6) is 28.7 Å². The van der Waals surface area contributed by atoms with Crippen LogP contribution in [0, 0.1) is 11.3 Å². The summed E-state index contributed by atoms with van der Waals surface area (Å²) in [5.41, 5.74) is 8.10. The molecule has 8 heteroatoms. The molecule has 0 fully saturated rings. The van der Waals surface area contributed by atoms with E-state index in [9.17, 15) is 10.1 Å². The fraction of sp³-hybridized carbons (Fsp3) is 0.154. The highest BCUT2D eigenvalue weighted by Gasteiger charge is 2.32. The summed E-state index contributed by atoms with van der Waals surface area (Å²) in [6.45, 7) is 0. The van der Waals surface area contributed by atoms with Gasteiger partial charge in [0.2, 0.25) is 5.88 Å². The van der Waals surface area contributed by atoms with Gasteiger partial charge in [-0.25, -0.2) is 4.79 Å². The molecule has 0 aliphatic carbocycles. The summed E-state index contributed by atoms with van der Waals surface area (Å²) in [4.78, 5) is 12.7.